The number of carbonyl (C=O) groups excluding carboxylic acids is 1. The molecule has 0 aliphatic carbocycles. The number of nitrogens with zero attached hydrogens (tertiary/aromatic N) is 3. The van der Waals surface area contributed by atoms with Crippen LogP contribution >= 0.6 is 12.2 Å². The topological polar surface area (TPSA) is 57.3 Å². The molecule has 0 aromatic heterocycles. The first-order valence-electron chi connectivity index (χ1n) is 11.8. The maximum Gasteiger partial charge on any atom is 0.256 e. The molecule has 2 aromatic carbocycles. The molecule has 1 atom stereocenters. The fraction of sp³-hybridized carbons (Fsp3) is 0.440. The van der Waals surface area contributed by atoms with Gasteiger partial charge in [0.05, 0.1) is 31.5 Å². The lowest BCUT2D eigenvalue weighted by atomic mass is 10.1. The molecule has 0 saturated carbocycles. The van der Waals surface area contributed by atoms with E-state index in [2.05, 4.69) is 10.2 Å². The van der Waals surface area contributed by atoms with Crippen LogP contribution in [0.25, 0.3) is 0 Å². The van der Waals surface area contributed by atoms with Gasteiger partial charge in [-0.15, -0.1) is 0 Å². The Morgan fingerprint density at radius 2 is 1.80 bits per heavy atom. The Morgan fingerprint density at radius 1 is 1.06 bits per heavy atom. The molecule has 10 heteroatoms. The van der Waals surface area contributed by atoms with Gasteiger partial charge in [0.25, 0.3) is 5.91 Å². The molecule has 1 N–H and O–H groups in total. The van der Waals surface area contributed by atoms with Crippen LogP contribution < -0.4 is 5.32 Å². The van der Waals surface area contributed by atoms with E-state index in [0.717, 1.165) is 13.1 Å². The van der Waals surface area contributed by atoms with Crippen molar-refractivity contribution in [1.29, 1.82) is 0 Å². The number of morpholine rings is 2. The van der Waals surface area contributed by atoms with Crippen LogP contribution in [0.5, 0.6) is 0 Å². The number of hydrogen-bond acceptors (Lipinski definition) is 5. The van der Waals surface area contributed by atoms with E-state index in [1.165, 1.54) is 24.3 Å². The van der Waals surface area contributed by atoms with Crippen molar-refractivity contribution >= 4 is 28.9 Å². The number of halogens is 2. The second kappa shape index (κ2) is 12.3. The summed E-state index contributed by atoms with van der Waals surface area (Å²) >= 11 is 5.55. The highest BCUT2D eigenvalue weighted by molar-refractivity contribution is 7.80. The molecule has 2 aromatic rings. The van der Waals surface area contributed by atoms with Crippen LogP contribution in [0.2, 0.25) is 0 Å². The van der Waals surface area contributed by atoms with Gasteiger partial charge < -0.3 is 24.6 Å². The predicted octanol–water partition coefficient (Wildman–Crippen LogP) is 2.84. The van der Waals surface area contributed by atoms with Crippen molar-refractivity contribution in [2.45, 2.75) is 6.10 Å². The molecule has 35 heavy (non-hydrogen) atoms. The van der Waals surface area contributed by atoms with E-state index >= 15 is 0 Å². The lowest BCUT2D eigenvalue weighted by molar-refractivity contribution is -0.0229. The zero-order valence-corrected chi connectivity index (χ0v) is 20.3. The van der Waals surface area contributed by atoms with Gasteiger partial charge in [0.15, 0.2) is 5.11 Å². The molecule has 1 unspecified atom stereocenters. The molecule has 7 nitrogen and oxygen atoms in total. The molecule has 0 radical (unpaired) electrons. The number of carbonyl (C=O) groups is 1. The molecular formula is C25H30F2N4O3S. The van der Waals surface area contributed by atoms with E-state index in [-0.39, 0.29) is 23.4 Å². The third kappa shape index (κ3) is 7.17. The summed E-state index contributed by atoms with van der Waals surface area (Å²) in [6.07, 6.45) is -0.294. The molecule has 1 amide bonds. The molecule has 2 saturated heterocycles. The highest BCUT2D eigenvalue weighted by Crippen LogP contribution is 2.15. The molecule has 2 heterocycles. The Hall–Kier alpha value is -2.66. The average molecular weight is 505 g/mol. The van der Waals surface area contributed by atoms with Crippen LogP contribution in [0.3, 0.4) is 0 Å². The minimum Gasteiger partial charge on any atom is -0.379 e. The summed E-state index contributed by atoms with van der Waals surface area (Å²) in [6.45, 7) is 5.90. The first-order chi connectivity index (χ1) is 17.0. The normalized spacial score (nSPS) is 18.8. The number of benzene rings is 2. The quantitative estimate of drug-likeness (QED) is 0.582. The highest BCUT2D eigenvalue weighted by Gasteiger charge is 2.28. The second-order valence-electron chi connectivity index (χ2n) is 8.56. The van der Waals surface area contributed by atoms with Gasteiger partial charge in [-0.1, -0.05) is 12.1 Å². The van der Waals surface area contributed by atoms with Gasteiger partial charge in [0.2, 0.25) is 0 Å². The average Bonchev–Trinajstić information content (AvgIpc) is 2.88. The monoisotopic (exact) mass is 504 g/mol. The number of ether oxygens (including phenoxy) is 2. The Balaban J connectivity index is 1.40. The summed E-state index contributed by atoms with van der Waals surface area (Å²) in [6, 6.07) is 12.0. The second-order valence-corrected chi connectivity index (χ2v) is 8.95. The first-order valence-corrected chi connectivity index (χ1v) is 12.2. The van der Waals surface area contributed by atoms with Gasteiger partial charge >= 0.3 is 0 Å². The van der Waals surface area contributed by atoms with Crippen molar-refractivity contribution in [3.05, 3.63) is 65.7 Å². The molecule has 0 spiro atoms. The predicted molar refractivity (Wildman–Crippen MR) is 133 cm³/mol. The number of anilines is 1. The number of amides is 1. The number of rotatable bonds is 7. The third-order valence-corrected chi connectivity index (χ3v) is 6.49. The van der Waals surface area contributed by atoms with Crippen molar-refractivity contribution < 1.29 is 23.0 Å². The maximum absolute atomic E-state index is 14.4. The van der Waals surface area contributed by atoms with Gasteiger partial charge in [-0.05, 0) is 48.6 Å². The largest absolute Gasteiger partial charge is 0.379 e. The number of hydrogen-bond donors (Lipinski definition) is 1. The number of nitrogens with one attached hydrogen (secondary N) is 1. The molecule has 2 aliphatic heterocycles. The van der Waals surface area contributed by atoms with Gasteiger partial charge in [-0.25, -0.2) is 8.78 Å². The van der Waals surface area contributed by atoms with Crippen molar-refractivity contribution in [2.24, 2.45) is 0 Å². The summed E-state index contributed by atoms with van der Waals surface area (Å²) in [7, 11) is 0. The van der Waals surface area contributed by atoms with E-state index in [1.54, 1.807) is 29.2 Å². The van der Waals surface area contributed by atoms with E-state index < -0.39 is 5.82 Å². The summed E-state index contributed by atoms with van der Waals surface area (Å²) in [5.74, 6) is -1.21. The van der Waals surface area contributed by atoms with Gasteiger partial charge in [-0.3, -0.25) is 9.69 Å². The van der Waals surface area contributed by atoms with E-state index in [1.807, 2.05) is 4.90 Å². The summed E-state index contributed by atoms with van der Waals surface area (Å²) < 4.78 is 39.0. The zero-order valence-electron chi connectivity index (χ0n) is 19.5. The van der Waals surface area contributed by atoms with Crippen molar-refractivity contribution in [2.75, 3.05) is 71.0 Å². The standard InChI is InChI=1S/C25H30F2N4O3S/c26-19-5-7-20(8-6-19)28-25(35)31-13-16-34-21(18-31)17-30(10-9-29-11-14-33-15-12-29)24(32)22-3-1-2-4-23(22)27/h1-8,21H,9-18H2,(H,28,35). The molecule has 2 aliphatic rings. The minimum absolute atomic E-state index is 0.0515. The fourth-order valence-corrected chi connectivity index (χ4v) is 4.45. The van der Waals surface area contributed by atoms with Gasteiger partial charge in [-0.2, -0.15) is 0 Å². The van der Waals surface area contributed by atoms with Crippen LogP contribution in [-0.2, 0) is 9.47 Å². The van der Waals surface area contributed by atoms with E-state index in [9.17, 15) is 13.6 Å². The van der Waals surface area contributed by atoms with E-state index in [0.29, 0.717) is 63.3 Å². The first kappa shape index (κ1) is 25.4. The molecule has 2 fully saturated rings. The van der Waals surface area contributed by atoms with Crippen LogP contribution in [0.15, 0.2) is 48.5 Å². The molecular weight excluding hydrogens is 474 g/mol. The SMILES string of the molecule is O=C(c1ccccc1F)N(CCN1CCOCC1)CC1CN(C(=S)Nc2ccc(F)cc2)CCO1. The highest BCUT2D eigenvalue weighted by atomic mass is 32.1. The molecule has 0 bridgehead atoms. The third-order valence-electron chi connectivity index (χ3n) is 6.13. The fourth-order valence-electron chi connectivity index (χ4n) is 4.16. The Morgan fingerprint density at radius 3 is 2.54 bits per heavy atom. The van der Waals surface area contributed by atoms with Crippen LogP contribution in [0.1, 0.15) is 10.4 Å². The van der Waals surface area contributed by atoms with Crippen molar-refractivity contribution in [3.8, 4) is 0 Å². The summed E-state index contributed by atoms with van der Waals surface area (Å²) in [4.78, 5) is 19.2. The molecule has 4 rings (SSSR count). The Labute approximate surface area is 209 Å². The van der Waals surface area contributed by atoms with Gasteiger partial charge in [0.1, 0.15) is 11.6 Å². The van der Waals surface area contributed by atoms with Gasteiger partial charge in [0, 0.05) is 51.5 Å². The Kier molecular flexibility index (Phi) is 8.97. The maximum atomic E-state index is 14.4. The van der Waals surface area contributed by atoms with Crippen molar-refractivity contribution in [1.82, 2.24) is 14.7 Å². The zero-order chi connectivity index (χ0) is 24.6. The van der Waals surface area contributed by atoms with Crippen LogP contribution in [0, 0.1) is 11.6 Å². The summed E-state index contributed by atoms with van der Waals surface area (Å²) in [5, 5.41) is 3.63. The smallest absolute Gasteiger partial charge is 0.256 e. The van der Waals surface area contributed by atoms with Crippen LogP contribution in [0.4, 0.5) is 14.5 Å². The lowest BCUT2D eigenvalue weighted by Gasteiger charge is -2.37. The Bertz CT molecular complexity index is 1000. The summed E-state index contributed by atoms with van der Waals surface area (Å²) in [5.41, 5.74) is 0.747. The number of thiocarbonyl (C=S) groups is 1. The van der Waals surface area contributed by atoms with Crippen LogP contribution in [-0.4, -0.2) is 97.5 Å². The molecule has 188 valence electrons. The van der Waals surface area contributed by atoms with Crippen molar-refractivity contribution in [3.63, 3.8) is 0 Å². The lowest BCUT2D eigenvalue weighted by Crippen LogP contribution is -2.52. The minimum atomic E-state index is -0.537. The van der Waals surface area contributed by atoms with E-state index in [4.69, 9.17) is 21.7 Å².